The van der Waals surface area contributed by atoms with E-state index >= 15 is 0 Å². The number of carboxylic acid groups (broad SMARTS) is 1. The molecule has 1 aromatic rings. The predicted molar refractivity (Wildman–Crippen MR) is 106 cm³/mol. The first kappa shape index (κ1) is 20.3. The van der Waals surface area contributed by atoms with Crippen LogP contribution in [0.1, 0.15) is 32.3 Å². The number of hydrogen-bond donors (Lipinski definition) is 1. The second-order valence-electron chi connectivity index (χ2n) is 5.68. The number of carboxylic acids is 1. The lowest BCUT2D eigenvalue weighted by atomic mass is 10.1. The summed E-state index contributed by atoms with van der Waals surface area (Å²) < 4.78 is 11.3. The highest BCUT2D eigenvalue weighted by Gasteiger charge is 2.38. The van der Waals surface area contributed by atoms with E-state index in [1.165, 1.54) is 6.92 Å². The molecule has 0 aromatic heterocycles. The van der Waals surface area contributed by atoms with Gasteiger partial charge in [-0.1, -0.05) is 43.4 Å². The molecule has 6 nitrogen and oxygen atoms in total. The van der Waals surface area contributed by atoms with Crippen molar-refractivity contribution in [2.75, 3.05) is 13.7 Å². The Bertz CT molecular complexity index is 747. The zero-order chi connectivity index (χ0) is 19.3. The van der Waals surface area contributed by atoms with Crippen LogP contribution in [0.3, 0.4) is 0 Å². The summed E-state index contributed by atoms with van der Waals surface area (Å²) in [6.45, 7) is 4.13. The molecule has 2 rings (SSSR count). The summed E-state index contributed by atoms with van der Waals surface area (Å²) in [5.74, 6) is -0.288. The Balaban J connectivity index is 2.22. The average Bonchev–Trinajstić information content (AvgIpc) is 2.88. The fourth-order valence-electron chi connectivity index (χ4n) is 2.30. The highest BCUT2D eigenvalue weighted by atomic mass is 32.2. The quantitative estimate of drug-likeness (QED) is 0.410. The van der Waals surface area contributed by atoms with Crippen molar-refractivity contribution in [3.8, 4) is 11.5 Å². The van der Waals surface area contributed by atoms with Crippen molar-refractivity contribution in [1.82, 2.24) is 4.90 Å². The van der Waals surface area contributed by atoms with Gasteiger partial charge in [-0.3, -0.25) is 9.69 Å². The summed E-state index contributed by atoms with van der Waals surface area (Å²) in [7, 11) is 1.56. The number of rotatable bonds is 8. The summed E-state index contributed by atoms with van der Waals surface area (Å²) in [5, 5.41) is 9.13. The molecule has 0 aliphatic carbocycles. The van der Waals surface area contributed by atoms with Crippen LogP contribution in [0, 0.1) is 0 Å². The summed E-state index contributed by atoms with van der Waals surface area (Å²) in [6, 6.07) is 4.38. The van der Waals surface area contributed by atoms with E-state index in [1.54, 1.807) is 25.3 Å². The Hall–Kier alpha value is -2.06. The number of unbranched alkanes of at least 4 members (excludes halogenated alkanes) is 1. The third kappa shape index (κ3) is 4.56. The Morgan fingerprint density at radius 1 is 1.42 bits per heavy atom. The van der Waals surface area contributed by atoms with E-state index in [1.807, 2.05) is 6.07 Å². The van der Waals surface area contributed by atoms with Crippen LogP contribution in [0.15, 0.2) is 23.1 Å². The molecule has 0 bridgehead atoms. The van der Waals surface area contributed by atoms with Gasteiger partial charge in [0.1, 0.15) is 10.4 Å². The van der Waals surface area contributed by atoms with Crippen molar-refractivity contribution in [2.45, 2.75) is 32.7 Å². The van der Waals surface area contributed by atoms with Gasteiger partial charge in [0.15, 0.2) is 11.5 Å². The molecule has 1 heterocycles. The molecule has 140 valence electrons. The van der Waals surface area contributed by atoms with Gasteiger partial charge in [-0.15, -0.1) is 0 Å². The number of nitrogens with zero attached hydrogens (tertiary/aromatic N) is 1. The van der Waals surface area contributed by atoms with E-state index in [2.05, 4.69) is 6.92 Å². The first-order chi connectivity index (χ1) is 12.4. The fourth-order valence-corrected chi connectivity index (χ4v) is 3.71. The molecule has 1 saturated heterocycles. The molecule has 0 spiro atoms. The SMILES string of the molecule is CCCCOc1ccc(/C=C2\SC(=S)N([C@H](C)C(=O)O)C2=O)cc1OC. The highest BCUT2D eigenvalue weighted by molar-refractivity contribution is 8.26. The maximum absolute atomic E-state index is 12.5. The van der Waals surface area contributed by atoms with Crippen molar-refractivity contribution in [2.24, 2.45) is 0 Å². The topological polar surface area (TPSA) is 76.1 Å². The van der Waals surface area contributed by atoms with Gasteiger partial charge >= 0.3 is 5.97 Å². The zero-order valence-electron chi connectivity index (χ0n) is 14.9. The molecule has 26 heavy (non-hydrogen) atoms. The molecule has 0 radical (unpaired) electrons. The van der Waals surface area contributed by atoms with Crippen LogP contribution in [-0.2, 0) is 9.59 Å². The second-order valence-corrected chi connectivity index (χ2v) is 7.35. The molecule has 1 N–H and O–H groups in total. The van der Waals surface area contributed by atoms with Crippen LogP contribution in [0.5, 0.6) is 11.5 Å². The van der Waals surface area contributed by atoms with E-state index < -0.39 is 17.9 Å². The van der Waals surface area contributed by atoms with Crippen LogP contribution in [-0.4, -0.2) is 46.0 Å². The molecule has 1 aliphatic rings. The number of carbonyl (C=O) groups excluding carboxylic acids is 1. The number of thiocarbonyl (C=S) groups is 1. The minimum absolute atomic E-state index is 0.239. The van der Waals surface area contributed by atoms with Gasteiger partial charge in [-0.25, -0.2) is 4.79 Å². The van der Waals surface area contributed by atoms with Crippen molar-refractivity contribution < 1.29 is 24.2 Å². The van der Waals surface area contributed by atoms with Crippen LogP contribution < -0.4 is 9.47 Å². The molecule has 1 atom stereocenters. The van der Waals surface area contributed by atoms with Crippen molar-refractivity contribution in [3.05, 3.63) is 28.7 Å². The normalized spacial score (nSPS) is 16.9. The van der Waals surface area contributed by atoms with Gasteiger partial charge in [0, 0.05) is 0 Å². The first-order valence-electron chi connectivity index (χ1n) is 8.19. The zero-order valence-corrected chi connectivity index (χ0v) is 16.5. The molecule has 1 aromatic carbocycles. The minimum Gasteiger partial charge on any atom is -0.493 e. The monoisotopic (exact) mass is 395 g/mol. The first-order valence-corrected chi connectivity index (χ1v) is 9.42. The number of benzene rings is 1. The number of carbonyl (C=O) groups is 2. The second kappa shape index (κ2) is 9.05. The standard InChI is InChI=1S/C18H21NO5S2/c1-4-5-8-24-13-7-6-12(9-14(13)23-3)10-15-16(20)19(18(25)26-15)11(2)17(21)22/h6-7,9-11H,4-5,8H2,1-3H3,(H,21,22)/b15-10-/t11-/m1/s1. The molecule has 8 heteroatoms. The minimum atomic E-state index is -1.10. The third-order valence-electron chi connectivity index (χ3n) is 3.81. The largest absolute Gasteiger partial charge is 0.493 e. The third-order valence-corrected chi connectivity index (χ3v) is 5.14. The van der Waals surface area contributed by atoms with Crippen molar-refractivity contribution in [3.63, 3.8) is 0 Å². The summed E-state index contributed by atoms with van der Waals surface area (Å²) >= 11 is 6.24. The molecule has 1 amide bonds. The molecule has 1 aliphatic heterocycles. The number of amides is 1. The molecular weight excluding hydrogens is 374 g/mol. The van der Waals surface area contributed by atoms with Crippen LogP contribution in [0.4, 0.5) is 0 Å². The van der Waals surface area contributed by atoms with Crippen molar-refractivity contribution >= 4 is 46.3 Å². The Labute approximate surface area is 162 Å². The predicted octanol–water partition coefficient (Wildman–Crippen LogP) is 3.55. The summed E-state index contributed by atoms with van der Waals surface area (Å²) in [6.07, 6.45) is 3.67. The van der Waals surface area contributed by atoms with Crippen LogP contribution in [0.25, 0.3) is 6.08 Å². The van der Waals surface area contributed by atoms with Gasteiger partial charge in [0.25, 0.3) is 5.91 Å². The average molecular weight is 396 g/mol. The van der Waals surface area contributed by atoms with Crippen LogP contribution >= 0.6 is 24.0 Å². The lowest BCUT2D eigenvalue weighted by Gasteiger charge is -2.18. The molecule has 1 fully saturated rings. The van der Waals surface area contributed by atoms with Gasteiger partial charge < -0.3 is 14.6 Å². The van der Waals surface area contributed by atoms with E-state index in [9.17, 15) is 9.59 Å². The van der Waals surface area contributed by atoms with Gasteiger partial charge in [-0.05, 0) is 37.1 Å². The summed E-state index contributed by atoms with van der Waals surface area (Å²) in [5.41, 5.74) is 0.744. The Morgan fingerprint density at radius 3 is 2.77 bits per heavy atom. The smallest absolute Gasteiger partial charge is 0.326 e. The lowest BCUT2D eigenvalue weighted by Crippen LogP contribution is -2.41. The van der Waals surface area contributed by atoms with E-state index in [-0.39, 0.29) is 4.32 Å². The highest BCUT2D eigenvalue weighted by Crippen LogP contribution is 2.35. The fraction of sp³-hybridized carbons (Fsp3) is 0.389. The molecule has 0 unspecified atom stereocenters. The maximum atomic E-state index is 12.5. The number of thioether (sulfide) groups is 1. The van der Waals surface area contributed by atoms with Crippen molar-refractivity contribution in [1.29, 1.82) is 0 Å². The van der Waals surface area contributed by atoms with Crippen LogP contribution in [0.2, 0.25) is 0 Å². The van der Waals surface area contributed by atoms with Gasteiger partial charge in [-0.2, -0.15) is 0 Å². The summed E-state index contributed by atoms with van der Waals surface area (Å²) in [4.78, 5) is 25.1. The number of hydrogen-bond acceptors (Lipinski definition) is 6. The molecule has 0 saturated carbocycles. The number of ether oxygens (including phenoxy) is 2. The van der Waals surface area contributed by atoms with E-state index in [0.717, 1.165) is 35.1 Å². The van der Waals surface area contributed by atoms with Gasteiger partial charge in [0.2, 0.25) is 0 Å². The number of methoxy groups -OCH3 is 1. The lowest BCUT2D eigenvalue weighted by molar-refractivity contribution is -0.144. The molecular formula is C18H21NO5S2. The Kier molecular flexibility index (Phi) is 7.05. The van der Waals surface area contributed by atoms with E-state index in [0.29, 0.717) is 23.0 Å². The Morgan fingerprint density at radius 2 is 2.15 bits per heavy atom. The number of aliphatic carboxylic acids is 1. The van der Waals surface area contributed by atoms with Gasteiger partial charge in [0.05, 0.1) is 18.6 Å². The van der Waals surface area contributed by atoms with E-state index in [4.69, 9.17) is 26.8 Å². The maximum Gasteiger partial charge on any atom is 0.326 e.